The highest BCUT2D eigenvalue weighted by atomic mass is 16.5. The van der Waals surface area contributed by atoms with Gasteiger partial charge >= 0.3 is 0 Å². The summed E-state index contributed by atoms with van der Waals surface area (Å²) in [7, 11) is 1.66. The summed E-state index contributed by atoms with van der Waals surface area (Å²) in [5.41, 5.74) is 3.03. The van der Waals surface area contributed by atoms with E-state index in [1.807, 2.05) is 48.5 Å². The summed E-state index contributed by atoms with van der Waals surface area (Å²) in [6.07, 6.45) is 0. The molecule has 0 radical (unpaired) electrons. The third kappa shape index (κ3) is 4.77. The van der Waals surface area contributed by atoms with Crippen LogP contribution in [0.5, 0.6) is 5.75 Å². The highest BCUT2D eigenvalue weighted by Crippen LogP contribution is 2.24. The number of hydrogen-bond acceptors (Lipinski definition) is 4. The largest absolute Gasteiger partial charge is 0.489 e. The van der Waals surface area contributed by atoms with Gasteiger partial charge in [-0.15, -0.1) is 0 Å². The Morgan fingerprint density at radius 2 is 1.67 bits per heavy atom. The third-order valence-electron chi connectivity index (χ3n) is 3.12. The van der Waals surface area contributed by atoms with Crippen molar-refractivity contribution in [2.24, 2.45) is 0 Å². The van der Waals surface area contributed by atoms with E-state index < -0.39 is 0 Å². The molecule has 0 heterocycles. The normalized spacial score (nSPS) is 10.4. The number of ether oxygens (including phenoxy) is 2. The van der Waals surface area contributed by atoms with Gasteiger partial charge in [-0.1, -0.05) is 36.4 Å². The van der Waals surface area contributed by atoms with Gasteiger partial charge < -0.3 is 19.9 Å². The van der Waals surface area contributed by atoms with Crippen LogP contribution in [0.3, 0.4) is 0 Å². The Balaban J connectivity index is 1.95. The SMILES string of the molecule is COCCOc1ccccc1NCc1ccc(CO)cc1. The quantitative estimate of drug-likeness (QED) is 0.733. The van der Waals surface area contributed by atoms with Crippen molar-refractivity contribution in [2.75, 3.05) is 25.6 Å². The molecule has 21 heavy (non-hydrogen) atoms. The first kappa shape index (κ1) is 15.4. The molecular formula is C17H21NO3. The second kappa shape index (κ2) is 8.29. The van der Waals surface area contributed by atoms with Crippen LogP contribution in [0.2, 0.25) is 0 Å². The molecule has 0 unspecified atom stereocenters. The summed E-state index contributed by atoms with van der Waals surface area (Å²) in [6, 6.07) is 15.7. The highest BCUT2D eigenvalue weighted by molar-refractivity contribution is 5.56. The van der Waals surface area contributed by atoms with Gasteiger partial charge in [0.25, 0.3) is 0 Å². The minimum Gasteiger partial charge on any atom is -0.489 e. The summed E-state index contributed by atoms with van der Waals surface area (Å²) >= 11 is 0. The Morgan fingerprint density at radius 3 is 2.38 bits per heavy atom. The van der Waals surface area contributed by atoms with Gasteiger partial charge in [0, 0.05) is 13.7 Å². The van der Waals surface area contributed by atoms with Crippen LogP contribution in [-0.4, -0.2) is 25.4 Å². The first-order valence-corrected chi connectivity index (χ1v) is 6.97. The van der Waals surface area contributed by atoms with Gasteiger partial charge in [0.05, 0.1) is 18.9 Å². The lowest BCUT2D eigenvalue weighted by atomic mass is 10.1. The van der Waals surface area contributed by atoms with E-state index in [1.165, 1.54) is 0 Å². The molecule has 0 aliphatic carbocycles. The van der Waals surface area contributed by atoms with Crippen molar-refractivity contribution in [2.45, 2.75) is 13.2 Å². The fourth-order valence-corrected chi connectivity index (χ4v) is 1.93. The van der Waals surface area contributed by atoms with Crippen molar-refractivity contribution in [1.82, 2.24) is 0 Å². The molecule has 0 aliphatic heterocycles. The van der Waals surface area contributed by atoms with E-state index in [2.05, 4.69) is 5.32 Å². The fraction of sp³-hybridized carbons (Fsp3) is 0.294. The summed E-state index contributed by atoms with van der Waals surface area (Å²) in [4.78, 5) is 0. The number of aliphatic hydroxyl groups is 1. The summed E-state index contributed by atoms with van der Waals surface area (Å²) in [6.45, 7) is 1.87. The van der Waals surface area contributed by atoms with Crippen LogP contribution in [0, 0.1) is 0 Å². The van der Waals surface area contributed by atoms with Crippen molar-refractivity contribution in [1.29, 1.82) is 0 Å². The molecule has 2 rings (SSSR count). The average Bonchev–Trinajstić information content (AvgIpc) is 2.54. The van der Waals surface area contributed by atoms with E-state index in [4.69, 9.17) is 14.6 Å². The second-order valence-electron chi connectivity index (χ2n) is 4.67. The predicted octanol–water partition coefficient (Wildman–Crippen LogP) is 2.82. The molecule has 0 amide bonds. The van der Waals surface area contributed by atoms with Crippen LogP contribution in [0.1, 0.15) is 11.1 Å². The maximum atomic E-state index is 9.03. The molecule has 0 saturated heterocycles. The van der Waals surface area contributed by atoms with Gasteiger partial charge in [-0.3, -0.25) is 0 Å². The van der Waals surface area contributed by atoms with Crippen LogP contribution in [-0.2, 0) is 17.9 Å². The van der Waals surface area contributed by atoms with Gasteiger partial charge in [0.15, 0.2) is 0 Å². The van der Waals surface area contributed by atoms with Gasteiger partial charge in [0.2, 0.25) is 0 Å². The summed E-state index contributed by atoms with van der Waals surface area (Å²) in [5, 5.41) is 12.4. The van der Waals surface area contributed by atoms with E-state index in [9.17, 15) is 0 Å². The number of nitrogens with one attached hydrogen (secondary N) is 1. The second-order valence-corrected chi connectivity index (χ2v) is 4.67. The number of rotatable bonds is 8. The Kier molecular flexibility index (Phi) is 6.06. The Bertz CT molecular complexity index is 540. The first-order valence-electron chi connectivity index (χ1n) is 6.97. The molecular weight excluding hydrogens is 266 g/mol. The molecule has 4 heteroatoms. The number of hydrogen-bond donors (Lipinski definition) is 2. The van der Waals surface area contributed by atoms with Crippen LogP contribution < -0.4 is 10.1 Å². The van der Waals surface area contributed by atoms with Crippen molar-refractivity contribution in [3.63, 3.8) is 0 Å². The zero-order valence-corrected chi connectivity index (χ0v) is 12.2. The molecule has 112 valence electrons. The topological polar surface area (TPSA) is 50.7 Å². The lowest BCUT2D eigenvalue weighted by Gasteiger charge is -2.13. The highest BCUT2D eigenvalue weighted by Gasteiger charge is 2.02. The number of anilines is 1. The Labute approximate surface area is 125 Å². The minimum absolute atomic E-state index is 0.0733. The lowest BCUT2D eigenvalue weighted by molar-refractivity contribution is 0.146. The number of methoxy groups -OCH3 is 1. The maximum absolute atomic E-state index is 9.03. The minimum atomic E-state index is 0.0733. The number of para-hydroxylation sites is 2. The third-order valence-corrected chi connectivity index (χ3v) is 3.12. The Morgan fingerprint density at radius 1 is 0.952 bits per heavy atom. The standard InChI is InChI=1S/C17H21NO3/c1-20-10-11-21-17-5-3-2-4-16(17)18-12-14-6-8-15(13-19)9-7-14/h2-9,18-19H,10-13H2,1H3. The molecule has 2 aromatic carbocycles. The molecule has 0 aromatic heterocycles. The number of benzene rings is 2. The summed E-state index contributed by atoms with van der Waals surface area (Å²) < 4.78 is 10.7. The van der Waals surface area contributed by atoms with E-state index in [1.54, 1.807) is 7.11 Å². The van der Waals surface area contributed by atoms with Crippen LogP contribution in [0.25, 0.3) is 0 Å². The van der Waals surface area contributed by atoms with Crippen molar-refractivity contribution < 1.29 is 14.6 Å². The van der Waals surface area contributed by atoms with Crippen molar-refractivity contribution >= 4 is 5.69 Å². The first-order chi connectivity index (χ1) is 10.3. The molecule has 0 aliphatic rings. The van der Waals surface area contributed by atoms with Crippen molar-refractivity contribution in [3.8, 4) is 5.75 Å². The Hall–Kier alpha value is -2.04. The van der Waals surface area contributed by atoms with Gasteiger partial charge in [0.1, 0.15) is 12.4 Å². The molecule has 0 saturated carbocycles. The maximum Gasteiger partial charge on any atom is 0.142 e. The van der Waals surface area contributed by atoms with Crippen LogP contribution in [0.15, 0.2) is 48.5 Å². The zero-order chi connectivity index (χ0) is 14.9. The molecule has 2 aromatic rings. The average molecular weight is 287 g/mol. The van der Waals surface area contributed by atoms with E-state index in [0.717, 1.165) is 22.6 Å². The van der Waals surface area contributed by atoms with Crippen molar-refractivity contribution in [3.05, 3.63) is 59.7 Å². The molecule has 0 spiro atoms. The van der Waals surface area contributed by atoms with Gasteiger partial charge in [-0.05, 0) is 23.3 Å². The molecule has 0 fully saturated rings. The monoisotopic (exact) mass is 287 g/mol. The van der Waals surface area contributed by atoms with E-state index in [-0.39, 0.29) is 6.61 Å². The molecule has 0 bridgehead atoms. The predicted molar refractivity (Wildman–Crippen MR) is 83.5 cm³/mol. The number of aliphatic hydroxyl groups excluding tert-OH is 1. The fourth-order valence-electron chi connectivity index (χ4n) is 1.93. The van der Waals surface area contributed by atoms with Crippen LogP contribution >= 0.6 is 0 Å². The van der Waals surface area contributed by atoms with E-state index in [0.29, 0.717) is 19.8 Å². The van der Waals surface area contributed by atoms with Crippen LogP contribution in [0.4, 0.5) is 5.69 Å². The molecule has 4 nitrogen and oxygen atoms in total. The smallest absolute Gasteiger partial charge is 0.142 e. The van der Waals surface area contributed by atoms with E-state index >= 15 is 0 Å². The van der Waals surface area contributed by atoms with Gasteiger partial charge in [-0.2, -0.15) is 0 Å². The molecule has 0 atom stereocenters. The zero-order valence-electron chi connectivity index (χ0n) is 12.2. The lowest BCUT2D eigenvalue weighted by Crippen LogP contribution is -2.07. The summed E-state index contributed by atoms with van der Waals surface area (Å²) in [5.74, 6) is 0.821. The molecule has 2 N–H and O–H groups in total. The van der Waals surface area contributed by atoms with Gasteiger partial charge in [-0.25, -0.2) is 0 Å².